The molecule has 0 radical (unpaired) electrons. The lowest BCUT2D eigenvalue weighted by atomic mass is 9.93. The Bertz CT molecular complexity index is 965. The molecule has 3 aromatic rings. The molecule has 27 heavy (non-hydrogen) atoms. The van der Waals surface area contributed by atoms with E-state index in [4.69, 9.17) is 4.74 Å². The maximum atomic E-state index is 11.9. The van der Waals surface area contributed by atoms with Crippen LogP contribution in [0.2, 0.25) is 0 Å². The number of fused-ring (bicyclic) bond motifs is 1. The molecule has 142 valence electrons. The fourth-order valence-corrected chi connectivity index (χ4v) is 3.29. The molecule has 0 saturated carbocycles. The normalized spacial score (nSPS) is 11.1. The number of pyridine rings is 2. The Morgan fingerprint density at radius 2 is 2.07 bits per heavy atom. The number of aliphatic hydroxyl groups excluding tert-OH is 1. The zero-order chi connectivity index (χ0) is 19.4. The van der Waals surface area contributed by atoms with Crippen molar-refractivity contribution < 1.29 is 14.6 Å². The van der Waals surface area contributed by atoms with Gasteiger partial charge in [-0.2, -0.15) is 5.10 Å². The highest BCUT2D eigenvalue weighted by Crippen LogP contribution is 2.34. The molecular formula is C20H24N4O3. The summed E-state index contributed by atoms with van der Waals surface area (Å²) in [7, 11) is 0. The molecule has 0 aliphatic heterocycles. The van der Waals surface area contributed by atoms with Crippen molar-refractivity contribution in [2.24, 2.45) is 0 Å². The fourth-order valence-electron chi connectivity index (χ4n) is 3.29. The van der Waals surface area contributed by atoms with E-state index in [2.05, 4.69) is 15.1 Å². The summed E-state index contributed by atoms with van der Waals surface area (Å²) in [6, 6.07) is 2.04. The number of esters is 1. The monoisotopic (exact) mass is 368 g/mol. The molecule has 3 rings (SSSR count). The molecule has 0 aliphatic carbocycles. The summed E-state index contributed by atoms with van der Waals surface area (Å²) in [6.45, 7) is 6.57. The van der Waals surface area contributed by atoms with E-state index in [1.165, 1.54) is 0 Å². The molecule has 3 heterocycles. The highest BCUT2D eigenvalue weighted by atomic mass is 16.5. The van der Waals surface area contributed by atoms with Gasteiger partial charge in [-0.15, -0.1) is 0 Å². The number of rotatable bonds is 7. The van der Waals surface area contributed by atoms with Gasteiger partial charge < -0.3 is 9.84 Å². The Hall–Kier alpha value is -2.80. The first-order chi connectivity index (χ1) is 13.1. The van der Waals surface area contributed by atoms with Crippen molar-refractivity contribution in [1.29, 1.82) is 0 Å². The molecule has 0 fully saturated rings. The summed E-state index contributed by atoms with van der Waals surface area (Å²) in [6.07, 6.45) is 6.03. The van der Waals surface area contributed by atoms with Crippen LogP contribution in [-0.4, -0.2) is 37.4 Å². The third-order valence-electron chi connectivity index (χ3n) is 4.47. The second-order valence-corrected chi connectivity index (χ2v) is 6.32. The number of ether oxygens (including phenoxy) is 1. The summed E-state index contributed by atoms with van der Waals surface area (Å²) in [5.41, 5.74) is 4.98. The van der Waals surface area contributed by atoms with Crippen molar-refractivity contribution in [2.45, 2.75) is 46.8 Å². The van der Waals surface area contributed by atoms with Gasteiger partial charge in [-0.05, 0) is 44.4 Å². The van der Waals surface area contributed by atoms with E-state index < -0.39 is 0 Å². The second-order valence-electron chi connectivity index (χ2n) is 6.32. The quantitative estimate of drug-likeness (QED) is 0.645. The Morgan fingerprint density at radius 3 is 2.74 bits per heavy atom. The first-order valence-electron chi connectivity index (χ1n) is 9.14. The van der Waals surface area contributed by atoms with Crippen LogP contribution in [-0.2, 0) is 29.1 Å². The number of carbonyl (C=O) groups is 1. The lowest BCUT2D eigenvalue weighted by Gasteiger charge is -2.15. The summed E-state index contributed by atoms with van der Waals surface area (Å²) in [4.78, 5) is 20.8. The largest absolute Gasteiger partial charge is 0.466 e. The van der Waals surface area contributed by atoms with Crippen molar-refractivity contribution in [3.8, 4) is 11.1 Å². The van der Waals surface area contributed by atoms with Gasteiger partial charge in [0.15, 0.2) is 5.65 Å². The topological polar surface area (TPSA) is 90.1 Å². The Labute approximate surface area is 158 Å². The molecule has 3 aromatic heterocycles. The second kappa shape index (κ2) is 8.26. The number of carbonyl (C=O) groups excluding carboxylic acids is 1. The standard InChI is InChI=1S/C20H24N4O3/c1-4-24-20-16(11-22-24)19(14-8-13(3)9-21-10-14)15(17(12-25)23-20)6-7-18(26)27-5-2/h8-11,25H,4-7,12H2,1-3H3. The van der Waals surface area contributed by atoms with Crippen LogP contribution < -0.4 is 0 Å². The predicted octanol–water partition coefficient (Wildman–Crippen LogP) is 2.81. The molecule has 0 atom stereocenters. The minimum Gasteiger partial charge on any atom is -0.466 e. The molecule has 0 unspecified atom stereocenters. The number of hydrogen-bond donors (Lipinski definition) is 1. The minimum atomic E-state index is -0.265. The predicted molar refractivity (Wildman–Crippen MR) is 102 cm³/mol. The smallest absolute Gasteiger partial charge is 0.306 e. The molecule has 7 nitrogen and oxygen atoms in total. The van der Waals surface area contributed by atoms with E-state index in [9.17, 15) is 9.90 Å². The number of aromatic nitrogens is 4. The van der Waals surface area contributed by atoms with Gasteiger partial charge in [0.05, 0.1) is 25.1 Å². The average molecular weight is 368 g/mol. The highest BCUT2D eigenvalue weighted by Gasteiger charge is 2.20. The van der Waals surface area contributed by atoms with Gasteiger partial charge in [-0.1, -0.05) is 0 Å². The molecule has 7 heteroatoms. The van der Waals surface area contributed by atoms with Crippen LogP contribution in [0.5, 0.6) is 0 Å². The van der Waals surface area contributed by atoms with E-state index in [1.54, 1.807) is 30.2 Å². The Morgan fingerprint density at radius 1 is 1.26 bits per heavy atom. The SMILES string of the molecule is CCOC(=O)CCc1c(CO)nc2c(cnn2CC)c1-c1cncc(C)c1. The first-order valence-corrected chi connectivity index (χ1v) is 9.14. The summed E-state index contributed by atoms with van der Waals surface area (Å²) in [5, 5.41) is 15.3. The molecular weight excluding hydrogens is 344 g/mol. The molecule has 0 amide bonds. The maximum Gasteiger partial charge on any atom is 0.306 e. The number of aliphatic hydroxyl groups is 1. The van der Waals surface area contributed by atoms with Gasteiger partial charge in [0, 0.05) is 41.9 Å². The molecule has 0 spiro atoms. The van der Waals surface area contributed by atoms with E-state index in [-0.39, 0.29) is 19.0 Å². The lowest BCUT2D eigenvalue weighted by molar-refractivity contribution is -0.143. The van der Waals surface area contributed by atoms with E-state index >= 15 is 0 Å². The summed E-state index contributed by atoms with van der Waals surface area (Å²) in [5.74, 6) is -0.265. The average Bonchev–Trinajstić information content (AvgIpc) is 3.07. The van der Waals surface area contributed by atoms with Gasteiger partial charge in [0.25, 0.3) is 0 Å². The summed E-state index contributed by atoms with van der Waals surface area (Å²) >= 11 is 0. The van der Waals surface area contributed by atoms with Crippen LogP contribution in [0, 0.1) is 6.92 Å². The molecule has 0 aromatic carbocycles. The van der Waals surface area contributed by atoms with Gasteiger partial charge in [-0.25, -0.2) is 9.67 Å². The van der Waals surface area contributed by atoms with Gasteiger partial charge >= 0.3 is 5.97 Å². The molecule has 0 bridgehead atoms. The Balaban J connectivity index is 2.21. The van der Waals surface area contributed by atoms with Crippen molar-refractivity contribution in [3.63, 3.8) is 0 Å². The van der Waals surface area contributed by atoms with Crippen molar-refractivity contribution in [1.82, 2.24) is 19.7 Å². The van der Waals surface area contributed by atoms with Gasteiger partial charge in [0.1, 0.15) is 0 Å². The maximum absolute atomic E-state index is 11.9. The van der Waals surface area contributed by atoms with E-state index in [0.29, 0.717) is 25.3 Å². The van der Waals surface area contributed by atoms with Crippen LogP contribution in [0.15, 0.2) is 24.7 Å². The van der Waals surface area contributed by atoms with Crippen molar-refractivity contribution >= 4 is 17.0 Å². The first kappa shape index (κ1) is 19.0. The number of nitrogens with zero attached hydrogens (tertiary/aromatic N) is 4. The molecule has 1 N–H and O–H groups in total. The van der Waals surface area contributed by atoms with Crippen molar-refractivity contribution in [3.05, 3.63) is 41.5 Å². The highest BCUT2D eigenvalue weighted by molar-refractivity contribution is 5.95. The van der Waals surface area contributed by atoms with Gasteiger partial charge in [0.2, 0.25) is 0 Å². The molecule has 0 aliphatic rings. The third-order valence-corrected chi connectivity index (χ3v) is 4.47. The number of aryl methyl sites for hydroxylation is 2. The fraction of sp³-hybridized carbons (Fsp3) is 0.400. The van der Waals surface area contributed by atoms with Crippen LogP contribution in [0.25, 0.3) is 22.2 Å². The number of hydrogen-bond acceptors (Lipinski definition) is 6. The summed E-state index contributed by atoms with van der Waals surface area (Å²) < 4.78 is 6.86. The lowest BCUT2D eigenvalue weighted by Crippen LogP contribution is -2.09. The minimum absolute atomic E-state index is 0.213. The van der Waals surface area contributed by atoms with E-state index in [0.717, 1.165) is 33.3 Å². The third kappa shape index (κ3) is 3.83. The Kier molecular flexibility index (Phi) is 5.81. The van der Waals surface area contributed by atoms with Gasteiger partial charge in [-0.3, -0.25) is 9.78 Å². The zero-order valence-electron chi connectivity index (χ0n) is 15.9. The van der Waals surface area contributed by atoms with Crippen molar-refractivity contribution in [2.75, 3.05) is 6.61 Å². The van der Waals surface area contributed by atoms with Crippen LogP contribution in [0.3, 0.4) is 0 Å². The van der Waals surface area contributed by atoms with Crippen LogP contribution in [0.4, 0.5) is 0 Å². The van der Waals surface area contributed by atoms with Crippen LogP contribution in [0.1, 0.15) is 37.1 Å². The zero-order valence-corrected chi connectivity index (χ0v) is 15.9. The molecule has 0 saturated heterocycles. The van der Waals surface area contributed by atoms with Crippen LogP contribution >= 0.6 is 0 Å². The van der Waals surface area contributed by atoms with E-state index in [1.807, 2.05) is 19.9 Å².